The van der Waals surface area contributed by atoms with Crippen molar-refractivity contribution in [3.63, 3.8) is 0 Å². The van der Waals surface area contributed by atoms with Crippen LogP contribution in [-0.2, 0) is 6.54 Å². The van der Waals surface area contributed by atoms with E-state index in [-0.39, 0.29) is 19.5 Å². The fraction of sp³-hybridized carbons (Fsp3) is 0.455. The fourth-order valence-electron chi connectivity index (χ4n) is 1.30. The summed E-state index contributed by atoms with van der Waals surface area (Å²) in [7, 11) is 0. The van der Waals surface area contributed by atoms with Gasteiger partial charge in [-0.25, -0.2) is 4.39 Å². The van der Waals surface area contributed by atoms with E-state index in [0.717, 1.165) is 0 Å². The maximum Gasteiger partial charge on any atom is 0.389 e. The largest absolute Gasteiger partial charge is 0.389 e. The van der Waals surface area contributed by atoms with E-state index in [1.165, 1.54) is 18.2 Å². The van der Waals surface area contributed by atoms with Crippen molar-refractivity contribution in [1.82, 2.24) is 5.32 Å². The first kappa shape index (κ1) is 14.3. The summed E-state index contributed by atoms with van der Waals surface area (Å²) in [5.41, 5.74) is 0.390. The highest BCUT2D eigenvalue weighted by Crippen LogP contribution is 2.20. The molecule has 0 radical (unpaired) electrons. The Morgan fingerprint density at radius 2 is 1.94 bits per heavy atom. The zero-order valence-electron chi connectivity index (χ0n) is 8.95. The van der Waals surface area contributed by atoms with Gasteiger partial charge >= 0.3 is 6.18 Å². The molecule has 0 saturated carbocycles. The van der Waals surface area contributed by atoms with E-state index in [9.17, 15) is 17.6 Å². The van der Waals surface area contributed by atoms with Crippen LogP contribution in [0.3, 0.4) is 0 Å². The average molecular weight is 270 g/mol. The molecule has 0 saturated heterocycles. The van der Waals surface area contributed by atoms with Crippen LogP contribution in [0.25, 0.3) is 0 Å². The number of halogens is 5. The number of nitrogens with one attached hydrogen (secondary N) is 1. The van der Waals surface area contributed by atoms with Crippen molar-refractivity contribution in [2.24, 2.45) is 0 Å². The lowest BCUT2D eigenvalue weighted by atomic mass is 10.2. The molecule has 0 amide bonds. The molecule has 1 nitrogen and oxygen atoms in total. The molecule has 96 valence electrons. The number of benzene rings is 1. The molecule has 0 heterocycles. The van der Waals surface area contributed by atoms with Crippen LogP contribution < -0.4 is 5.32 Å². The standard InChI is InChI=1S/C11H12ClF4N/c12-9-3-2-8(10(13)6-9)7-17-5-1-4-11(14,15)16/h2-3,6,17H,1,4-5,7H2. The molecule has 0 spiro atoms. The molecule has 0 aliphatic heterocycles. The van der Waals surface area contributed by atoms with Gasteiger partial charge in [0.25, 0.3) is 0 Å². The van der Waals surface area contributed by atoms with E-state index in [1.54, 1.807) is 0 Å². The minimum absolute atomic E-state index is 0.0152. The molecule has 0 unspecified atom stereocenters. The lowest BCUT2D eigenvalue weighted by Gasteiger charge is -2.08. The van der Waals surface area contributed by atoms with Crippen LogP contribution in [-0.4, -0.2) is 12.7 Å². The van der Waals surface area contributed by atoms with Gasteiger partial charge in [-0.05, 0) is 25.1 Å². The lowest BCUT2D eigenvalue weighted by molar-refractivity contribution is -0.135. The highest BCUT2D eigenvalue weighted by atomic mass is 35.5. The van der Waals surface area contributed by atoms with Crippen LogP contribution in [0.2, 0.25) is 5.02 Å². The summed E-state index contributed by atoms with van der Waals surface area (Å²) in [6.07, 6.45) is -4.98. The van der Waals surface area contributed by atoms with Crippen molar-refractivity contribution in [1.29, 1.82) is 0 Å². The molecule has 1 aromatic carbocycles. The monoisotopic (exact) mass is 269 g/mol. The minimum atomic E-state index is -4.13. The first-order valence-corrected chi connectivity index (χ1v) is 5.48. The van der Waals surface area contributed by atoms with Gasteiger partial charge in [0.1, 0.15) is 5.82 Å². The second kappa shape index (κ2) is 6.21. The molecule has 0 aromatic heterocycles. The second-order valence-electron chi connectivity index (χ2n) is 3.63. The highest BCUT2D eigenvalue weighted by molar-refractivity contribution is 6.30. The maximum atomic E-state index is 13.2. The Labute approximate surface area is 102 Å². The molecule has 0 aliphatic carbocycles. The van der Waals surface area contributed by atoms with Crippen LogP contribution in [0.1, 0.15) is 18.4 Å². The van der Waals surface area contributed by atoms with Gasteiger partial charge in [0.15, 0.2) is 0 Å². The molecule has 0 bridgehead atoms. The highest BCUT2D eigenvalue weighted by Gasteiger charge is 2.25. The molecule has 17 heavy (non-hydrogen) atoms. The van der Waals surface area contributed by atoms with Crippen LogP contribution in [0.4, 0.5) is 17.6 Å². The van der Waals surface area contributed by atoms with Crippen molar-refractivity contribution >= 4 is 11.6 Å². The zero-order valence-corrected chi connectivity index (χ0v) is 9.71. The van der Waals surface area contributed by atoms with E-state index < -0.39 is 18.4 Å². The third-order valence-corrected chi connectivity index (χ3v) is 2.38. The predicted molar refractivity (Wildman–Crippen MR) is 58.4 cm³/mol. The van der Waals surface area contributed by atoms with E-state index in [0.29, 0.717) is 10.6 Å². The second-order valence-corrected chi connectivity index (χ2v) is 4.07. The van der Waals surface area contributed by atoms with Crippen LogP contribution in [0, 0.1) is 5.82 Å². The number of alkyl halides is 3. The Kier molecular flexibility index (Phi) is 5.21. The van der Waals surface area contributed by atoms with Crippen molar-refractivity contribution < 1.29 is 17.6 Å². The Morgan fingerprint density at radius 3 is 2.53 bits per heavy atom. The zero-order chi connectivity index (χ0) is 12.9. The van der Waals surface area contributed by atoms with Crippen LogP contribution in [0.15, 0.2) is 18.2 Å². The topological polar surface area (TPSA) is 12.0 Å². The number of hydrogen-bond donors (Lipinski definition) is 1. The third kappa shape index (κ3) is 5.89. The molecule has 0 aliphatic rings. The lowest BCUT2D eigenvalue weighted by Crippen LogP contribution is -2.18. The van der Waals surface area contributed by atoms with Crippen LogP contribution >= 0.6 is 11.6 Å². The summed E-state index contributed by atoms with van der Waals surface area (Å²) < 4.78 is 48.7. The van der Waals surface area contributed by atoms with E-state index in [4.69, 9.17) is 11.6 Å². The molecule has 0 atom stereocenters. The molecule has 0 fully saturated rings. The SMILES string of the molecule is Fc1cc(Cl)ccc1CNCCCC(F)(F)F. The van der Waals surface area contributed by atoms with Gasteiger partial charge in [-0.1, -0.05) is 17.7 Å². The quantitative estimate of drug-likeness (QED) is 0.631. The Morgan fingerprint density at radius 1 is 1.24 bits per heavy atom. The Hall–Kier alpha value is -0.810. The Bertz CT molecular complexity index is 365. The minimum Gasteiger partial charge on any atom is -0.313 e. The number of hydrogen-bond acceptors (Lipinski definition) is 1. The third-order valence-electron chi connectivity index (χ3n) is 2.14. The first-order chi connectivity index (χ1) is 7.88. The van der Waals surface area contributed by atoms with Gasteiger partial charge < -0.3 is 5.32 Å². The van der Waals surface area contributed by atoms with Crippen molar-refractivity contribution in [3.05, 3.63) is 34.6 Å². The summed E-state index contributed by atoms with van der Waals surface area (Å²) >= 11 is 5.57. The summed E-state index contributed by atoms with van der Waals surface area (Å²) in [4.78, 5) is 0. The molecular formula is C11H12ClF4N. The van der Waals surface area contributed by atoms with E-state index in [1.807, 2.05) is 0 Å². The summed E-state index contributed by atoms with van der Waals surface area (Å²) in [6, 6.07) is 4.22. The summed E-state index contributed by atoms with van der Waals surface area (Å²) in [5, 5.41) is 3.05. The van der Waals surface area contributed by atoms with Crippen LogP contribution in [0.5, 0.6) is 0 Å². The van der Waals surface area contributed by atoms with Gasteiger partial charge in [-0.3, -0.25) is 0 Å². The summed E-state index contributed by atoms with van der Waals surface area (Å²) in [5.74, 6) is -0.458. The maximum absolute atomic E-state index is 13.2. The first-order valence-electron chi connectivity index (χ1n) is 5.10. The van der Waals surface area contributed by atoms with E-state index >= 15 is 0 Å². The normalized spacial score (nSPS) is 11.8. The molecule has 6 heteroatoms. The smallest absolute Gasteiger partial charge is 0.313 e. The van der Waals surface area contributed by atoms with Gasteiger partial charge in [-0.15, -0.1) is 0 Å². The predicted octanol–water partition coefficient (Wildman–Crippen LogP) is 3.91. The van der Waals surface area contributed by atoms with Gasteiger partial charge in [0, 0.05) is 23.6 Å². The van der Waals surface area contributed by atoms with Crippen molar-refractivity contribution in [2.45, 2.75) is 25.6 Å². The average Bonchev–Trinajstić information content (AvgIpc) is 2.18. The fourth-order valence-corrected chi connectivity index (χ4v) is 1.46. The van der Waals surface area contributed by atoms with Crippen molar-refractivity contribution in [2.75, 3.05) is 6.54 Å². The Balaban J connectivity index is 2.27. The summed E-state index contributed by atoms with van der Waals surface area (Å²) in [6.45, 7) is 0.391. The van der Waals surface area contributed by atoms with Gasteiger partial charge in [0.05, 0.1) is 0 Å². The molecule has 1 aromatic rings. The van der Waals surface area contributed by atoms with Gasteiger partial charge in [0.2, 0.25) is 0 Å². The molecule has 1 rings (SSSR count). The van der Waals surface area contributed by atoms with E-state index in [2.05, 4.69) is 5.32 Å². The van der Waals surface area contributed by atoms with Crippen molar-refractivity contribution in [3.8, 4) is 0 Å². The molecular weight excluding hydrogens is 258 g/mol. The van der Waals surface area contributed by atoms with Gasteiger partial charge in [-0.2, -0.15) is 13.2 Å². The number of rotatable bonds is 5. The molecule has 1 N–H and O–H groups in total.